The predicted octanol–water partition coefficient (Wildman–Crippen LogP) is 9.39. The second-order valence-corrected chi connectivity index (χ2v) is 12.1. The molecule has 1 aromatic heterocycles. The van der Waals surface area contributed by atoms with Gasteiger partial charge in [0.25, 0.3) is 5.91 Å². The second-order valence-electron chi connectivity index (χ2n) is 12.1. The van der Waals surface area contributed by atoms with Crippen molar-refractivity contribution >= 4 is 28.2 Å². The summed E-state index contributed by atoms with van der Waals surface area (Å²) in [7, 11) is 1.83. The fourth-order valence-corrected chi connectivity index (χ4v) is 7.42. The highest BCUT2D eigenvalue weighted by atomic mass is 16.2. The summed E-state index contributed by atoms with van der Waals surface area (Å²) in [4.78, 5) is 28.3. The first kappa shape index (κ1) is 30.1. The lowest BCUT2D eigenvalue weighted by Crippen LogP contribution is -2.52. The average Bonchev–Trinajstić information content (AvgIpc) is 3.53. The van der Waals surface area contributed by atoms with E-state index >= 15 is 0 Å². The van der Waals surface area contributed by atoms with Crippen LogP contribution in [0.15, 0.2) is 48.6 Å². The number of benzene rings is 1. The lowest BCUT2D eigenvalue weighted by molar-refractivity contribution is -0.126. The second kappa shape index (κ2) is 13.2. The summed E-state index contributed by atoms with van der Waals surface area (Å²) in [6, 6.07) is 6.29. The third-order valence-corrected chi connectivity index (χ3v) is 9.40. The number of hydrogen-bond acceptors (Lipinski definition) is 2. The van der Waals surface area contributed by atoms with Crippen molar-refractivity contribution in [2.24, 2.45) is 0 Å². The fraction of sp³-hybridized carbons (Fsp3) is 0.556. The Hall–Kier alpha value is -2.88. The molecule has 2 saturated carbocycles. The van der Waals surface area contributed by atoms with Gasteiger partial charge in [0.15, 0.2) is 5.78 Å². The van der Waals surface area contributed by atoms with E-state index in [4.69, 9.17) is 0 Å². The molecular formula is C36H50N2O2. The van der Waals surface area contributed by atoms with Gasteiger partial charge in [-0.1, -0.05) is 83.2 Å². The van der Waals surface area contributed by atoms with Crippen LogP contribution in [0.2, 0.25) is 0 Å². The number of ketones is 1. The molecule has 2 aliphatic carbocycles. The Morgan fingerprint density at radius 3 is 2.35 bits per heavy atom. The highest BCUT2D eigenvalue weighted by Crippen LogP contribution is 2.45. The molecule has 1 aliphatic heterocycles. The first-order valence-electron chi connectivity index (χ1n) is 15.8. The Balaban J connectivity index is 0.00000118. The number of aromatic nitrogens is 1. The third-order valence-electron chi connectivity index (χ3n) is 9.40. The number of nitrogens with zero attached hydrogens (tertiary/aromatic N) is 2. The summed E-state index contributed by atoms with van der Waals surface area (Å²) >= 11 is 0. The zero-order chi connectivity index (χ0) is 28.9. The molecule has 5 rings (SSSR count). The maximum atomic E-state index is 13.8. The molecule has 2 heterocycles. The number of likely N-dealkylation sites (N-methyl/N-ethyl adjacent to an activating group) is 1. The van der Waals surface area contributed by atoms with Crippen LogP contribution in [0, 0.1) is 0 Å². The third kappa shape index (κ3) is 5.51. The minimum atomic E-state index is -0.657. The summed E-state index contributed by atoms with van der Waals surface area (Å²) in [6.45, 7) is 13.2. The molecule has 0 N–H and O–H groups in total. The van der Waals surface area contributed by atoms with Crippen LogP contribution in [0.1, 0.15) is 132 Å². The monoisotopic (exact) mass is 542 g/mol. The van der Waals surface area contributed by atoms with Gasteiger partial charge in [-0.3, -0.25) is 9.59 Å². The number of hydrogen-bond donors (Lipinski definition) is 0. The van der Waals surface area contributed by atoms with Crippen LogP contribution < -0.4 is 0 Å². The van der Waals surface area contributed by atoms with Gasteiger partial charge in [-0.2, -0.15) is 0 Å². The molecular weight excluding hydrogens is 492 g/mol. The van der Waals surface area contributed by atoms with Gasteiger partial charge in [0.1, 0.15) is 5.54 Å². The number of allylic oxidation sites excluding steroid dienone is 5. The van der Waals surface area contributed by atoms with Crippen molar-refractivity contribution in [2.45, 2.75) is 123 Å². The smallest absolute Gasteiger partial charge is 0.254 e. The number of aryl methyl sites for hydroxylation is 1. The van der Waals surface area contributed by atoms with Gasteiger partial charge < -0.3 is 9.47 Å². The Morgan fingerprint density at radius 1 is 1.07 bits per heavy atom. The number of carbonyl (C=O) groups is 2. The number of rotatable bonds is 6. The van der Waals surface area contributed by atoms with Crippen LogP contribution in [-0.4, -0.2) is 33.7 Å². The van der Waals surface area contributed by atoms with Gasteiger partial charge in [0.2, 0.25) is 0 Å². The van der Waals surface area contributed by atoms with Crippen molar-refractivity contribution in [3.63, 3.8) is 0 Å². The van der Waals surface area contributed by atoms with Gasteiger partial charge >= 0.3 is 0 Å². The molecule has 216 valence electrons. The molecule has 0 unspecified atom stereocenters. The molecule has 0 atom stereocenters. The molecule has 2 aromatic rings. The van der Waals surface area contributed by atoms with E-state index in [1.807, 2.05) is 19.2 Å². The number of amides is 1. The molecule has 4 nitrogen and oxygen atoms in total. The van der Waals surface area contributed by atoms with Crippen LogP contribution in [-0.2, 0) is 11.3 Å². The summed E-state index contributed by atoms with van der Waals surface area (Å²) < 4.78 is 2.47. The van der Waals surface area contributed by atoms with Crippen molar-refractivity contribution in [2.75, 3.05) is 7.05 Å². The van der Waals surface area contributed by atoms with Crippen LogP contribution >= 0.6 is 0 Å². The zero-order valence-corrected chi connectivity index (χ0v) is 25.7. The minimum absolute atomic E-state index is 0.0449. The van der Waals surface area contributed by atoms with Gasteiger partial charge in [-0.25, -0.2) is 0 Å². The van der Waals surface area contributed by atoms with E-state index in [0.717, 1.165) is 50.6 Å². The van der Waals surface area contributed by atoms with Crippen molar-refractivity contribution < 1.29 is 9.59 Å². The summed E-state index contributed by atoms with van der Waals surface area (Å²) in [5.41, 5.74) is 6.55. The van der Waals surface area contributed by atoms with Crippen molar-refractivity contribution in [1.29, 1.82) is 0 Å². The molecule has 3 aliphatic rings. The average molecular weight is 543 g/mol. The van der Waals surface area contributed by atoms with E-state index in [9.17, 15) is 9.59 Å². The van der Waals surface area contributed by atoms with E-state index in [-0.39, 0.29) is 11.7 Å². The fourth-order valence-electron chi connectivity index (χ4n) is 7.42. The van der Waals surface area contributed by atoms with E-state index in [1.54, 1.807) is 11.8 Å². The Bertz CT molecular complexity index is 1300. The topological polar surface area (TPSA) is 42.3 Å². The Morgan fingerprint density at radius 2 is 1.75 bits per heavy atom. The first-order valence-corrected chi connectivity index (χ1v) is 15.8. The van der Waals surface area contributed by atoms with E-state index in [2.05, 4.69) is 56.2 Å². The number of carbonyl (C=O) groups excluding carboxylic acids is 2. The lowest BCUT2D eigenvalue weighted by atomic mass is 9.81. The highest BCUT2D eigenvalue weighted by Gasteiger charge is 2.44. The SMILES string of the molecule is C=CC1=C(/C=C\C)CCCn2c1c(C1CCCCC1)c1ccc(C(=O)N(C)C3(C(C)=O)CCCC3)cc12.CCC. The summed E-state index contributed by atoms with van der Waals surface area (Å²) in [6.07, 6.45) is 19.6. The van der Waals surface area contributed by atoms with Crippen LogP contribution in [0.3, 0.4) is 0 Å². The van der Waals surface area contributed by atoms with E-state index < -0.39 is 5.54 Å². The number of fused-ring (bicyclic) bond motifs is 3. The van der Waals surface area contributed by atoms with Gasteiger partial charge in [0.05, 0.1) is 5.69 Å². The molecule has 0 radical (unpaired) electrons. The zero-order valence-electron chi connectivity index (χ0n) is 25.7. The standard InChI is InChI=1S/C33H42N2O2.C3H8/c1-5-13-24-16-12-21-35-29-22-26(32(37)34(4)33(23(3)36)19-10-11-20-33)17-18-28(29)30(31(35)27(24)6-2)25-14-8-7-9-15-25;1-3-2/h5-6,13,17-18,22,25H,2,7-12,14-16,19-21H2,1,3-4H3;3H2,1-2H3/b13-5-;. The van der Waals surface area contributed by atoms with Gasteiger partial charge in [-0.15, -0.1) is 0 Å². The Kier molecular flexibility index (Phi) is 9.92. The largest absolute Gasteiger partial charge is 0.340 e. The molecule has 40 heavy (non-hydrogen) atoms. The molecule has 0 bridgehead atoms. The molecule has 1 aromatic carbocycles. The van der Waals surface area contributed by atoms with Crippen molar-refractivity contribution in [3.8, 4) is 0 Å². The molecule has 0 spiro atoms. The van der Waals surface area contributed by atoms with E-state index in [1.165, 1.54) is 66.3 Å². The van der Waals surface area contributed by atoms with Gasteiger partial charge in [0, 0.05) is 35.6 Å². The highest BCUT2D eigenvalue weighted by molar-refractivity contribution is 6.03. The summed E-state index contributed by atoms with van der Waals surface area (Å²) in [5.74, 6) is 0.600. The summed E-state index contributed by atoms with van der Waals surface area (Å²) in [5, 5.41) is 1.28. The van der Waals surface area contributed by atoms with E-state index in [0.29, 0.717) is 11.5 Å². The first-order chi connectivity index (χ1) is 19.3. The van der Waals surface area contributed by atoms with Crippen LogP contribution in [0.4, 0.5) is 0 Å². The quantitative estimate of drug-likeness (QED) is 0.365. The molecule has 0 saturated heterocycles. The maximum Gasteiger partial charge on any atom is 0.254 e. The van der Waals surface area contributed by atoms with Gasteiger partial charge in [-0.05, 0) is 81.6 Å². The lowest BCUT2D eigenvalue weighted by Gasteiger charge is -2.36. The predicted molar refractivity (Wildman–Crippen MR) is 169 cm³/mol. The molecule has 2 fully saturated rings. The van der Waals surface area contributed by atoms with Crippen molar-refractivity contribution in [3.05, 3.63) is 65.4 Å². The normalized spacial score (nSPS) is 19.2. The molecule has 1 amide bonds. The Labute approximate surface area is 242 Å². The van der Waals surface area contributed by atoms with Crippen molar-refractivity contribution in [1.82, 2.24) is 9.47 Å². The number of Topliss-reactive ketones (excluding diaryl/α,β-unsaturated/α-hetero) is 1. The van der Waals surface area contributed by atoms with Crippen LogP contribution in [0.5, 0.6) is 0 Å². The molecule has 4 heteroatoms. The minimum Gasteiger partial charge on any atom is -0.340 e. The van der Waals surface area contributed by atoms with Crippen LogP contribution in [0.25, 0.3) is 16.5 Å². The maximum absolute atomic E-state index is 13.8.